The molecule has 1 amide bonds. The number of carbonyl (C=O) groups excluding carboxylic acids is 1. The lowest BCUT2D eigenvalue weighted by Gasteiger charge is -2.09. The Morgan fingerprint density at radius 3 is 2.92 bits per heavy atom. The van der Waals surface area contributed by atoms with Gasteiger partial charge in [0.25, 0.3) is 0 Å². The highest BCUT2D eigenvalue weighted by Crippen LogP contribution is 2.30. The quantitative estimate of drug-likeness (QED) is 0.786. The monoisotopic (exact) mass is 349 g/mol. The van der Waals surface area contributed by atoms with Crippen LogP contribution in [0.2, 0.25) is 0 Å². The van der Waals surface area contributed by atoms with Crippen LogP contribution in [0.3, 0.4) is 0 Å². The van der Waals surface area contributed by atoms with E-state index in [1.165, 1.54) is 6.92 Å². The van der Waals surface area contributed by atoms with Crippen LogP contribution in [0.5, 0.6) is 11.5 Å². The van der Waals surface area contributed by atoms with Crippen molar-refractivity contribution in [3.63, 3.8) is 0 Å². The summed E-state index contributed by atoms with van der Waals surface area (Å²) in [4.78, 5) is 11.2. The van der Waals surface area contributed by atoms with Gasteiger partial charge in [0.1, 0.15) is 18.1 Å². The van der Waals surface area contributed by atoms with Crippen LogP contribution in [0.25, 0.3) is 11.3 Å². The molecule has 1 aliphatic heterocycles. The summed E-state index contributed by atoms with van der Waals surface area (Å²) >= 11 is 0. The average molecular weight is 349 g/mol. The predicted octanol–water partition coefficient (Wildman–Crippen LogP) is 3.46. The van der Waals surface area contributed by atoms with E-state index < -0.39 is 0 Å². The molecule has 3 aromatic rings. The Labute approximate surface area is 151 Å². The number of anilines is 1. The average Bonchev–Trinajstić information content (AvgIpc) is 2.96. The highest BCUT2D eigenvalue weighted by Gasteiger charge is 2.18. The highest BCUT2D eigenvalue weighted by molar-refractivity contribution is 5.88. The molecule has 1 aromatic heterocycles. The Hall–Kier alpha value is -3.28. The number of fused-ring (bicyclic) bond motifs is 2. The zero-order valence-corrected chi connectivity index (χ0v) is 14.7. The first kappa shape index (κ1) is 16.2. The molecule has 132 valence electrons. The van der Waals surface area contributed by atoms with Gasteiger partial charge in [0.05, 0.1) is 25.0 Å². The van der Waals surface area contributed by atoms with Crippen molar-refractivity contribution in [1.29, 1.82) is 0 Å². The third kappa shape index (κ3) is 3.13. The van der Waals surface area contributed by atoms with E-state index in [1.54, 1.807) is 7.11 Å². The molecular weight excluding hydrogens is 330 g/mol. The van der Waals surface area contributed by atoms with E-state index in [9.17, 15) is 4.79 Å². The van der Waals surface area contributed by atoms with E-state index in [2.05, 4.69) is 5.32 Å². The minimum Gasteiger partial charge on any atom is -0.497 e. The van der Waals surface area contributed by atoms with E-state index in [0.717, 1.165) is 39.7 Å². The summed E-state index contributed by atoms with van der Waals surface area (Å²) in [6.07, 6.45) is 0. The van der Waals surface area contributed by atoms with Gasteiger partial charge in [-0.2, -0.15) is 5.10 Å². The van der Waals surface area contributed by atoms with E-state index in [4.69, 9.17) is 14.6 Å². The third-order valence-corrected chi connectivity index (χ3v) is 4.31. The smallest absolute Gasteiger partial charge is 0.221 e. The molecule has 1 N–H and O–H groups in total. The Bertz CT molecular complexity index is 978. The van der Waals surface area contributed by atoms with E-state index in [0.29, 0.717) is 13.2 Å². The largest absolute Gasteiger partial charge is 0.497 e. The standard InChI is InChI=1S/C20H19N3O3/c1-13(24)21-16-7-6-15-11-23-17(12-26-20(15)9-16)10-19(22-23)14-4-3-5-18(8-14)25-2/h3-10H,11-12H2,1-2H3,(H,21,24). The van der Waals surface area contributed by atoms with Crippen molar-refractivity contribution in [2.45, 2.75) is 20.1 Å². The lowest BCUT2D eigenvalue weighted by molar-refractivity contribution is -0.114. The van der Waals surface area contributed by atoms with Crippen LogP contribution in [0.15, 0.2) is 48.5 Å². The number of ether oxygens (including phenoxy) is 2. The van der Waals surface area contributed by atoms with Crippen LogP contribution in [-0.2, 0) is 17.9 Å². The first-order chi connectivity index (χ1) is 12.6. The van der Waals surface area contributed by atoms with Gasteiger partial charge in [-0.25, -0.2) is 0 Å². The molecule has 2 aromatic carbocycles. The van der Waals surface area contributed by atoms with Crippen molar-refractivity contribution >= 4 is 11.6 Å². The number of nitrogens with one attached hydrogen (secondary N) is 1. The SMILES string of the molecule is COc1cccc(-c2cc3n(n2)Cc2ccc(NC(C)=O)cc2OC3)c1. The molecule has 1 aliphatic rings. The lowest BCUT2D eigenvalue weighted by atomic mass is 10.1. The maximum absolute atomic E-state index is 11.2. The second kappa shape index (κ2) is 6.55. The molecule has 0 spiro atoms. The van der Waals surface area contributed by atoms with Gasteiger partial charge >= 0.3 is 0 Å². The van der Waals surface area contributed by atoms with Crippen molar-refractivity contribution in [1.82, 2.24) is 9.78 Å². The fraction of sp³-hybridized carbons (Fsp3) is 0.200. The van der Waals surface area contributed by atoms with Crippen molar-refractivity contribution in [2.24, 2.45) is 0 Å². The first-order valence-electron chi connectivity index (χ1n) is 8.37. The molecular formula is C20H19N3O3. The number of nitrogens with zero attached hydrogens (tertiary/aromatic N) is 2. The van der Waals surface area contributed by atoms with E-state index >= 15 is 0 Å². The Morgan fingerprint density at radius 1 is 1.23 bits per heavy atom. The fourth-order valence-electron chi connectivity index (χ4n) is 3.05. The zero-order valence-electron chi connectivity index (χ0n) is 14.7. The second-order valence-corrected chi connectivity index (χ2v) is 6.20. The summed E-state index contributed by atoms with van der Waals surface area (Å²) in [5, 5.41) is 7.52. The lowest BCUT2D eigenvalue weighted by Crippen LogP contribution is -2.06. The van der Waals surface area contributed by atoms with Gasteiger partial charge in [-0.3, -0.25) is 9.48 Å². The molecule has 0 saturated carbocycles. The van der Waals surface area contributed by atoms with E-state index in [1.807, 2.05) is 53.2 Å². The Kier molecular flexibility index (Phi) is 4.08. The van der Waals surface area contributed by atoms with Gasteiger partial charge in [0, 0.05) is 29.8 Å². The Morgan fingerprint density at radius 2 is 2.12 bits per heavy atom. The fourth-order valence-corrected chi connectivity index (χ4v) is 3.05. The molecule has 6 nitrogen and oxygen atoms in total. The van der Waals surface area contributed by atoms with E-state index in [-0.39, 0.29) is 5.91 Å². The number of methoxy groups -OCH3 is 1. The number of carbonyl (C=O) groups is 1. The maximum atomic E-state index is 11.2. The van der Waals surface area contributed by atoms with Crippen LogP contribution in [0.4, 0.5) is 5.69 Å². The molecule has 0 unspecified atom stereocenters. The normalized spacial score (nSPS) is 12.4. The van der Waals surface area contributed by atoms with Crippen LogP contribution >= 0.6 is 0 Å². The molecule has 0 atom stereocenters. The third-order valence-electron chi connectivity index (χ3n) is 4.31. The molecule has 6 heteroatoms. The number of benzene rings is 2. The molecule has 4 rings (SSSR count). The highest BCUT2D eigenvalue weighted by atomic mass is 16.5. The summed E-state index contributed by atoms with van der Waals surface area (Å²) < 4.78 is 13.2. The van der Waals surface area contributed by atoms with Crippen LogP contribution in [0, 0.1) is 0 Å². The van der Waals surface area contributed by atoms with Crippen molar-refractivity contribution in [3.8, 4) is 22.8 Å². The number of aromatic nitrogens is 2. The first-order valence-corrected chi connectivity index (χ1v) is 8.37. The van der Waals surface area contributed by atoms with Gasteiger partial charge in [-0.1, -0.05) is 18.2 Å². The topological polar surface area (TPSA) is 65.4 Å². The molecule has 0 bridgehead atoms. The predicted molar refractivity (Wildman–Crippen MR) is 98.4 cm³/mol. The molecule has 0 fully saturated rings. The summed E-state index contributed by atoms with van der Waals surface area (Å²) in [7, 11) is 1.65. The summed E-state index contributed by atoms with van der Waals surface area (Å²) in [6, 6.07) is 15.6. The summed E-state index contributed by atoms with van der Waals surface area (Å²) in [5.74, 6) is 1.47. The number of hydrogen-bond acceptors (Lipinski definition) is 4. The van der Waals surface area contributed by atoms with Crippen molar-refractivity contribution < 1.29 is 14.3 Å². The molecule has 26 heavy (non-hydrogen) atoms. The number of hydrogen-bond donors (Lipinski definition) is 1. The van der Waals surface area contributed by atoms with Gasteiger partial charge in [0.15, 0.2) is 0 Å². The zero-order chi connectivity index (χ0) is 18.1. The minimum atomic E-state index is -0.102. The summed E-state index contributed by atoms with van der Waals surface area (Å²) in [6.45, 7) is 2.53. The maximum Gasteiger partial charge on any atom is 0.221 e. The Balaban J connectivity index is 1.64. The minimum absolute atomic E-state index is 0.102. The number of rotatable bonds is 3. The second-order valence-electron chi connectivity index (χ2n) is 6.20. The molecule has 2 heterocycles. The molecule has 0 aliphatic carbocycles. The number of amides is 1. The van der Waals surface area contributed by atoms with Crippen molar-refractivity contribution in [3.05, 3.63) is 59.8 Å². The molecule has 0 radical (unpaired) electrons. The van der Waals surface area contributed by atoms with Crippen LogP contribution in [0.1, 0.15) is 18.2 Å². The van der Waals surface area contributed by atoms with Gasteiger partial charge in [-0.15, -0.1) is 0 Å². The van der Waals surface area contributed by atoms with Crippen LogP contribution in [-0.4, -0.2) is 22.8 Å². The van der Waals surface area contributed by atoms with Crippen molar-refractivity contribution in [2.75, 3.05) is 12.4 Å². The van der Waals surface area contributed by atoms with Crippen LogP contribution < -0.4 is 14.8 Å². The van der Waals surface area contributed by atoms with Gasteiger partial charge in [0.2, 0.25) is 5.91 Å². The summed E-state index contributed by atoms with van der Waals surface area (Å²) in [5.41, 5.74) is 4.65. The van der Waals surface area contributed by atoms with Gasteiger partial charge < -0.3 is 14.8 Å². The van der Waals surface area contributed by atoms with Gasteiger partial charge in [-0.05, 0) is 24.3 Å². The molecule has 0 saturated heterocycles.